The first-order valence-electron chi connectivity index (χ1n) is 6.18. The second-order valence-electron chi connectivity index (χ2n) is 4.61. The Kier molecular flexibility index (Phi) is 4.26. The summed E-state index contributed by atoms with van der Waals surface area (Å²) in [6.07, 6.45) is -0.912. The highest BCUT2D eigenvalue weighted by molar-refractivity contribution is 5.77. The van der Waals surface area contributed by atoms with Gasteiger partial charge in [-0.1, -0.05) is 6.07 Å². The van der Waals surface area contributed by atoms with Crippen molar-refractivity contribution in [2.75, 3.05) is 11.9 Å². The number of rotatable bonds is 4. The SMILES string of the molecule is CN(Cc1cccnc1)c1ccc(C=O)cc1C(F)(F)F. The minimum Gasteiger partial charge on any atom is -0.370 e. The lowest BCUT2D eigenvalue weighted by atomic mass is 10.1. The molecule has 3 nitrogen and oxygen atoms in total. The van der Waals surface area contributed by atoms with Crippen LogP contribution >= 0.6 is 0 Å². The molecule has 1 aromatic heterocycles. The maximum Gasteiger partial charge on any atom is 0.418 e. The highest BCUT2D eigenvalue weighted by Crippen LogP contribution is 2.37. The molecular weight excluding hydrogens is 281 g/mol. The average Bonchev–Trinajstić information content (AvgIpc) is 2.46. The van der Waals surface area contributed by atoms with Crippen LogP contribution in [0, 0.1) is 0 Å². The highest BCUT2D eigenvalue weighted by atomic mass is 19.4. The van der Waals surface area contributed by atoms with Crippen LogP contribution in [-0.4, -0.2) is 18.3 Å². The van der Waals surface area contributed by atoms with E-state index >= 15 is 0 Å². The number of hydrogen-bond acceptors (Lipinski definition) is 3. The van der Waals surface area contributed by atoms with Crippen molar-refractivity contribution in [3.63, 3.8) is 0 Å². The van der Waals surface area contributed by atoms with Crippen LogP contribution in [0.2, 0.25) is 0 Å². The first kappa shape index (κ1) is 15.0. The molecule has 0 N–H and O–H groups in total. The minimum atomic E-state index is -4.52. The molecule has 0 radical (unpaired) electrons. The Hall–Kier alpha value is -2.37. The van der Waals surface area contributed by atoms with Crippen molar-refractivity contribution in [1.29, 1.82) is 0 Å². The standard InChI is InChI=1S/C15H13F3N2O/c1-20(9-12-3-2-6-19-8-12)14-5-4-11(10-21)7-13(14)15(16,17)18/h2-8,10H,9H2,1H3. The normalized spacial score (nSPS) is 11.2. The molecule has 0 saturated carbocycles. The van der Waals surface area contributed by atoms with Gasteiger partial charge in [-0.25, -0.2) is 0 Å². The lowest BCUT2D eigenvalue weighted by Crippen LogP contribution is -2.21. The van der Waals surface area contributed by atoms with Crippen molar-refractivity contribution < 1.29 is 18.0 Å². The Labute approximate surface area is 120 Å². The van der Waals surface area contributed by atoms with Gasteiger partial charge in [0.2, 0.25) is 0 Å². The number of alkyl halides is 3. The van der Waals surface area contributed by atoms with Crippen LogP contribution < -0.4 is 4.90 Å². The van der Waals surface area contributed by atoms with E-state index in [4.69, 9.17) is 0 Å². The fourth-order valence-electron chi connectivity index (χ4n) is 2.04. The first-order chi connectivity index (χ1) is 9.91. The molecule has 0 unspecified atom stereocenters. The summed E-state index contributed by atoms with van der Waals surface area (Å²) in [6, 6.07) is 7.06. The molecule has 110 valence electrons. The van der Waals surface area contributed by atoms with Crippen LogP contribution in [0.15, 0.2) is 42.7 Å². The number of benzene rings is 1. The molecule has 1 heterocycles. The predicted molar refractivity (Wildman–Crippen MR) is 73.2 cm³/mol. The van der Waals surface area contributed by atoms with Crippen LogP contribution in [0.5, 0.6) is 0 Å². The fraction of sp³-hybridized carbons (Fsp3) is 0.200. The minimum absolute atomic E-state index is 0.000790. The van der Waals surface area contributed by atoms with E-state index in [-0.39, 0.29) is 17.8 Å². The lowest BCUT2D eigenvalue weighted by molar-refractivity contribution is -0.137. The summed E-state index contributed by atoms with van der Waals surface area (Å²) in [4.78, 5) is 16.1. The molecular formula is C15H13F3N2O. The van der Waals surface area contributed by atoms with Crippen molar-refractivity contribution in [1.82, 2.24) is 4.98 Å². The molecule has 6 heteroatoms. The zero-order valence-corrected chi connectivity index (χ0v) is 11.3. The number of hydrogen-bond donors (Lipinski definition) is 0. The van der Waals surface area contributed by atoms with Crippen molar-refractivity contribution >= 4 is 12.0 Å². The van der Waals surface area contributed by atoms with Crippen LogP contribution in [0.25, 0.3) is 0 Å². The van der Waals surface area contributed by atoms with Gasteiger partial charge in [-0.05, 0) is 29.8 Å². The summed E-state index contributed by atoms with van der Waals surface area (Å²) in [7, 11) is 1.57. The highest BCUT2D eigenvalue weighted by Gasteiger charge is 2.34. The number of nitrogens with zero attached hydrogens (tertiary/aromatic N) is 2. The first-order valence-corrected chi connectivity index (χ1v) is 6.18. The van der Waals surface area contributed by atoms with Crippen molar-refractivity contribution in [3.8, 4) is 0 Å². The van der Waals surface area contributed by atoms with Gasteiger partial charge in [-0.2, -0.15) is 13.2 Å². The van der Waals surface area contributed by atoms with Crippen LogP contribution in [-0.2, 0) is 12.7 Å². The summed E-state index contributed by atoms with van der Waals surface area (Å²) in [5.74, 6) is 0. The average molecular weight is 294 g/mol. The number of pyridine rings is 1. The van der Waals surface area contributed by atoms with E-state index in [0.717, 1.165) is 11.6 Å². The number of carbonyl (C=O) groups is 1. The molecule has 2 rings (SSSR count). The molecule has 0 atom stereocenters. The number of anilines is 1. The molecule has 0 spiro atoms. The largest absolute Gasteiger partial charge is 0.418 e. The van der Waals surface area contributed by atoms with E-state index in [2.05, 4.69) is 4.98 Å². The number of carbonyl (C=O) groups excluding carboxylic acids is 1. The summed E-state index contributed by atoms with van der Waals surface area (Å²) in [6.45, 7) is 0.289. The summed E-state index contributed by atoms with van der Waals surface area (Å²) >= 11 is 0. The van der Waals surface area contributed by atoms with E-state index in [1.807, 2.05) is 0 Å². The van der Waals surface area contributed by atoms with Gasteiger partial charge in [-0.15, -0.1) is 0 Å². The molecule has 21 heavy (non-hydrogen) atoms. The smallest absolute Gasteiger partial charge is 0.370 e. The van der Waals surface area contributed by atoms with Gasteiger partial charge in [0.05, 0.1) is 5.56 Å². The predicted octanol–water partition coefficient (Wildman–Crippen LogP) is 3.55. The second kappa shape index (κ2) is 5.95. The third-order valence-corrected chi connectivity index (χ3v) is 3.02. The van der Waals surface area contributed by atoms with Gasteiger partial charge in [0.15, 0.2) is 0 Å². The topological polar surface area (TPSA) is 33.2 Å². The Bertz CT molecular complexity index is 627. The van der Waals surface area contributed by atoms with Crippen LogP contribution in [0.1, 0.15) is 21.5 Å². The zero-order valence-electron chi connectivity index (χ0n) is 11.3. The Balaban J connectivity index is 2.36. The third kappa shape index (κ3) is 3.59. The Morgan fingerprint density at radius 2 is 2.05 bits per heavy atom. The Morgan fingerprint density at radius 3 is 2.62 bits per heavy atom. The van der Waals surface area contributed by atoms with Gasteiger partial charge < -0.3 is 4.90 Å². The molecule has 0 aliphatic rings. The summed E-state index contributed by atoms with van der Waals surface area (Å²) < 4.78 is 39.3. The van der Waals surface area contributed by atoms with E-state index in [1.54, 1.807) is 31.6 Å². The molecule has 0 amide bonds. The third-order valence-electron chi connectivity index (χ3n) is 3.02. The molecule has 1 aromatic carbocycles. The van der Waals surface area contributed by atoms with Gasteiger partial charge in [-0.3, -0.25) is 9.78 Å². The quantitative estimate of drug-likeness (QED) is 0.809. The van der Waals surface area contributed by atoms with Gasteiger partial charge in [0.25, 0.3) is 0 Å². The zero-order chi connectivity index (χ0) is 15.5. The van der Waals surface area contributed by atoms with Crippen molar-refractivity contribution in [2.24, 2.45) is 0 Å². The number of aldehydes is 1. The van der Waals surface area contributed by atoms with Gasteiger partial charge in [0.1, 0.15) is 6.29 Å². The summed E-state index contributed by atoms with van der Waals surface area (Å²) in [5, 5.41) is 0. The second-order valence-corrected chi connectivity index (χ2v) is 4.61. The number of halogens is 3. The lowest BCUT2D eigenvalue weighted by Gasteiger charge is -2.23. The van der Waals surface area contributed by atoms with Gasteiger partial charge in [0, 0.05) is 37.2 Å². The fourth-order valence-corrected chi connectivity index (χ4v) is 2.04. The van der Waals surface area contributed by atoms with E-state index in [1.165, 1.54) is 17.0 Å². The van der Waals surface area contributed by atoms with E-state index in [0.29, 0.717) is 6.29 Å². The van der Waals surface area contributed by atoms with Crippen LogP contribution in [0.3, 0.4) is 0 Å². The maximum atomic E-state index is 13.1. The maximum absolute atomic E-state index is 13.1. The number of aromatic nitrogens is 1. The molecule has 0 bridgehead atoms. The molecule has 0 saturated heterocycles. The summed E-state index contributed by atoms with van der Waals surface area (Å²) in [5.41, 5.74) is 0.00360. The Morgan fingerprint density at radius 1 is 1.29 bits per heavy atom. The molecule has 0 fully saturated rings. The monoisotopic (exact) mass is 294 g/mol. The van der Waals surface area contributed by atoms with Crippen molar-refractivity contribution in [2.45, 2.75) is 12.7 Å². The van der Waals surface area contributed by atoms with Crippen molar-refractivity contribution in [3.05, 3.63) is 59.4 Å². The molecule has 0 aliphatic carbocycles. The van der Waals surface area contributed by atoms with Crippen LogP contribution in [0.4, 0.5) is 18.9 Å². The van der Waals surface area contributed by atoms with E-state index in [9.17, 15) is 18.0 Å². The molecule has 2 aromatic rings. The molecule has 0 aliphatic heterocycles. The van der Waals surface area contributed by atoms with Gasteiger partial charge >= 0.3 is 6.18 Å². The van der Waals surface area contributed by atoms with E-state index < -0.39 is 11.7 Å².